The van der Waals surface area contributed by atoms with Crippen molar-refractivity contribution in [2.45, 2.75) is 57.7 Å². The molecule has 1 aliphatic carbocycles. The second-order valence-electron chi connectivity index (χ2n) is 4.04. The molecule has 12 heavy (non-hydrogen) atoms. The van der Waals surface area contributed by atoms with Crippen LogP contribution < -0.4 is 0 Å². The normalized spacial score (nSPS) is 32.2. The molecule has 1 rings (SSSR count). The first-order valence-electron chi connectivity index (χ1n) is 5.06. The van der Waals surface area contributed by atoms with Crippen molar-refractivity contribution < 1.29 is 10.2 Å². The van der Waals surface area contributed by atoms with Crippen LogP contribution in [0.2, 0.25) is 0 Å². The molecule has 0 bridgehead atoms. The molecule has 2 N–H and O–H groups in total. The quantitative estimate of drug-likeness (QED) is 0.677. The van der Waals surface area contributed by atoms with Crippen LogP contribution in [0.25, 0.3) is 0 Å². The van der Waals surface area contributed by atoms with Gasteiger partial charge < -0.3 is 10.2 Å². The summed E-state index contributed by atoms with van der Waals surface area (Å²) in [5.41, 5.74) is 0. The van der Waals surface area contributed by atoms with Crippen LogP contribution in [0.1, 0.15) is 45.4 Å². The Morgan fingerprint density at radius 1 is 1.42 bits per heavy atom. The van der Waals surface area contributed by atoms with Gasteiger partial charge in [0.2, 0.25) is 0 Å². The van der Waals surface area contributed by atoms with Crippen LogP contribution in [0.15, 0.2) is 0 Å². The molecule has 0 amide bonds. The second-order valence-corrected chi connectivity index (χ2v) is 4.04. The Kier molecular flexibility index (Phi) is 4.02. The largest absolute Gasteiger partial charge is 0.393 e. The molecule has 0 spiro atoms. The zero-order chi connectivity index (χ0) is 8.97. The predicted molar refractivity (Wildman–Crippen MR) is 48.9 cm³/mol. The van der Waals surface area contributed by atoms with Gasteiger partial charge in [-0.25, -0.2) is 0 Å². The van der Waals surface area contributed by atoms with Crippen LogP contribution in [0.3, 0.4) is 0 Å². The van der Waals surface area contributed by atoms with Crippen molar-refractivity contribution in [2.75, 3.05) is 0 Å². The fraction of sp³-hybridized carbons (Fsp3) is 1.00. The van der Waals surface area contributed by atoms with E-state index in [9.17, 15) is 5.11 Å². The Morgan fingerprint density at radius 3 is 2.67 bits per heavy atom. The zero-order valence-corrected chi connectivity index (χ0v) is 7.87. The van der Waals surface area contributed by atoms with Crippen molar-refractivity contribution in [2.24, 2.45) is 5.92 Å². The fourth-order valence-electron chi connectivity index (χ4n) is 2.03. The van der Waals surface area contributed by atoms with Gasteiger partial charge in [0.05, 0.1) is 12.2 Å². The highest BCUT2D eigenvalue weighted by molar-refractivity contribution is 4.76. The molecule has 3 unspecified atom stereocenters. The lowest BCUT2D eigenvalue weighted by Gasteiger charge is -2.14. The summed E-state index contributed by atoms with van der Waals surface area (Å²) in [6.07, 6.45) is 6.14. The van der Waals surface area contributed by atoms with E-state index in [1.807, 2.05) is 6.92 Å². The molecule has 0 aromatic rings. The molecule has 0 aromatic heterocycles. The minimum Gasteiger partial charge on any atom is -0.393 e. The third kappa shape index (κ3) is 3.11. The third-order valence-corrected chi connectivity index (χ3v) is 2.82. The van der Waals surface area contributed by atoms with Crippen molar-refractivity contribution in [1.82, 2.24) is 0 Å². The van der Waals surface area contributed by atoms with Gasteiger partial charge in [-0.1, -0.05) is 12.8 Å². The number of aliphatic hydroxyl groups excluding tert-OH is 2. The van der Waals surface area contributed by atoms with E-state index in [1.165, 1.54) is 12.8 Å². The lowest BCUT2D eigenvalue weighted by molar-refractivity contribution is 0.120. The molecule has 2 nitrogen and oxygen atoms in total. The van der Waals surface area contributed by atoms with Crippen molar-refractivity contribution in [3.8, 4) is 0 Å². The molecule has 2 heteroatoms. The van der Waals surface area contributed by atoms with Gasteiger partial charge in [-0.2, -0.15) is 0 Å². The van der Waals surface area contributed by atoms with E-state index >= 15 is 0 Å². The van der Waals surface area contributed by atoms with Crippen molar-refractivity contribution in [3.63, 3.8) is 0 Å². The Balaban J connectivity index is 2.06. The summed E-state index contributed by atoms with van der Waals surface area (Å²) in [5.74, 6) is 0.517. The Hall–Kier alpha value is -0.0800. The number of rotatable bonds is 4. The van der Waals surface area contributed by atoms with E-state index in [-0.39, 0.29) is 12.2 Å². The molecular weight excluding hydrogens is 152 g/mol. The summed E-state index contributed by atoms with van der Waals surface area (Å²) in [5, 5.41) is 18.5. The van der Waals surface area contributed by atoms with E-state index in [1.54, 1.807) is 0 Å². The SMILES string of the molecule is CC(O)CCCC1CCCC1O. The maximum Gasteiger partial charge on any atom is 0.0568 e. The molecule has 0 aromatic carbocycles. The van der Waals surface area contributed by atoms with Gasteiger partial charge in [-0.3, -0.25) is 0 Å². The van der Waals surface area contributed by atoms with Gasteiger partial charge in [0.25, 0.3) is 0 Å². The van der Waals surface area contributed by atoms with Gasteiger partial charge in [-0.15, -0.1) is 0 Å². The maximum atomic E-state index is 9.49. The van der Waals surface area contributed by atoms with Gasteiger partial charge >= 0.3 is 0 Å². The van der Waals surface area contributed by atoms with Gasteiger partial charge in [-0.05, 0) is 38.5 Å². The number of aliphatic hydroxyl groups is 2. The molecule has 1 saturated carbocycles. The lowest BCUT2D eigenvalue weighted by atomic mass is 9.98. The van der Waals surface area contributed by atoms with Crippen LogP contribution in [0, 0.1) is 5.92 Å². The fourth-order valence-corrected chi connectivity index (χ4v) is 2.03. The standard InChI is InChI=1S/C10H20O2/c1-8(11)4-2-5-9-6-3-7-10(9)12/h8-12H,2-7H2,1H3. The molecule has 0 radical (unpaired) electrons. The average molecular weight is 172 g/mol. The van der Waals surface area contributed by atoms with Crippen LogP contribution in [0.5, 0.6) is 0 Å². The summed E-state index contributed by atoms with van der Waals surface area (Å²) in [4.78, 5) is 0. The lowest BCUT2D eigenvalue weighted by Crippen LogP contribution is -2.13. The minimum absolute atomic E-state index is 0.0565. The summed E-state index contributed by atoms with van der Waals surface area (Å²) in [7, 11) is 0. The Morgan fingerprint density at radius 2 is 2.17 bits per heavy atom. The Labute approximate surface area is 74.6 Å². The first-order chi connectivity index (χ1) is 5.70. The van der Waals surface area contributed by atoms with E-state index in [2.05, 4.69) is 0 Å². The average Bonchev–Trinajstić information content (AvgIpc) is 2.36. The summed E-state index contributed by atoms with van der Waals surface area (Å²) in [6.45, 7) is 1.82. The second kappa shape index (κ2) is 4.83. The monoisotopic (exact) mass is 172 g/mol. The van der Waals surface area contributed by atoms with Crippen LogP contribution in [0.4, 0.5) is 0 Å². The molecule has 72 valence electrons. The highest BCUT2D eigenvalue weighted by Gasteiger charge is 2.24. The van der Waals surface area contributed by atoms with E-state index in [0.717, 1.165) is 25.7 Å². The van der Waals surface area contributed by atoms with Gasteiger partial charge in [0.1, 0.15) is 0 Å². The predicted octanol–water partition coefficient (Wildman–Crippen LogP) is 1.70. The van der Waals surface area contributed by atoms with E-state index < -0.39 is 0 Å². The molecule has 0 aliphatic heterocycles. The topological polar surface area (TPSA) is 40.5 Å². The highest BCUT2D eigenvalue weighted by Crippen LogP contribution is 2.29. The smallest absolute Gasteiger partial charge is 0.0568 e. The third-order valence-electron chi connectivity index (χ3n) is 2.82. The molecular formula is C10H20O2. The molecule has 0 heterocycles. The van der Waals surface area contributed by atoms with E-state index in [0.29, 0.717) is 5.92 Å². The summed E-state index contributed by atoms with van der Waals surface area (Å²) < 4.78 is 0. The molecule has 0 saturated heterocycles. The van der Waals surface area contributed by atoms with Crippen molar-refractivity contribution in [3.05, 3.63) is 0 Å². The van der Waals surface area contributed by atoms with Gasteiger partial charge in [0, 0.05) is 0 Å². The molecule has 1 aliphatic rings. The summed E-state index contributed by atoms with van der Waals surface area (Å²) >= 11 is 0. The van der Waals surface area contributed by atoms with Crippen LogP contribution in [-0.2, 0) is 0 Å². The first kappa shape index (κ1) is 10.0. The van der Waals surface area contributed by atoms with E-state index in [4.69, 9.17) is 5.11 Å². The van der Waals surface area contributed by atoms with Crippen LogP contribution >= 0.6 is 0 Å². The van der Waals surface area contributed by atoms with Crippen molar-refractivity contribution in [1.29, 1.82) is 0 Å². The van der Waals surface area contributed by atoms with Crippen molar-refractivity contribution >= 4 is 0 Å². The first-order valence-corrected chi connectivity index (χ1v) is 5.06. The Bertz CT molecular complexity index is 123. The highest BCUT2D eigenvalue weighted by atomic mass is 16.3. The maximum absolute atomic E-state index is 9.49. The molecule has 3 atom stereocenters. The minimum atomic E-state index is -0.177. The van der Waals surface area contributed by atoms with Gasteiger partial charge in [0.15, 0.2) is 0 Å². The molecule has 1 fully saturated rings. The zero-order valence-electron chi connectivity index (χ0n) is 7.87. The summed E-state index contributed by atoms with van der Waals surface area (Å²) in [6, 6.07) is 0. The number of hydrogen-bond donors (Lipinski definition) is 2. The van der Waals surface area contributed by atoms with Crippen LogP contribution in [-0.4, -0.2) is 22.4 Å². The number of hydrogen-bond acceptors (Lipinski definition) is 2.